The molecule has 0 aromatic heterocycles. The Labute approximate surface area is 120 Å². The van der Waals surface area contributed by atoms with E-state index in [9.17, 15) is 18.4 Å². The van der Waals surface area contributed by atoms with Gasteiger partial charge in [0.25, 0.3) is 5.91 Å². The molecule has 2 heterocycles. The Kier molecular flexibility index (Phi) is 3.49. The van der Waals surface area contributed by atoms with Crippen molar-refractivity contribution >= 4 is 11.7 Å². The van der Waals surface area contributed by atoms with Gasteiger partial charge in [-0.2, -0.15) is 0 Å². The molecule has 0 radical (unpaired) electrons. The second-order valence-electron chi connectivity index (χ2n) is 5.45. The number of carbonyl (C=O) groups excluding carboxylic acids is 2. The van der Waals surface area contributed by atoms with E-state index in [0.717, 1.165) is 12.5 Å². The Hall–Kier alpha value is -1.82. The van der Waals surface area contributed by atoms with Crippen molar-refractivity contribution in [1.29, 1.82) is 0 Å². The van der Waals surface area contributed by atoms with Crippen LogP contribution in [-0.4, -0.2) is 41.9 Å². The van der Waals surface area contributed by atoms with Gasteiger partial charge in [0, 0.05) is 19.6 Å². The quantitative estimate of drug-likeness (QED) is 0.795. The van der Waals surface area contributed by atoms with Crippen molar-refractivity contribution in [1.82, 2.24) is 4.90 Å². The Balaban J connectivity index is 1.78. The van der Waals surface area contributed by atoms with Crippen LogP contribution in [0.3, 0.4) is 0 Å². The van der Waals surface area contributed by atoms with Crippen molar-refractivity contribution in [3.63, 3.8) is 0 Å². The van der Waals surface area contributed by atoms with Gasteiger partial charge in [-0.3, -0.25) is 9.59 Å². The maximum Gasteiger partial charge on any atom is 0.257 e. The molecular weight excluding hydrogens is 280 g/mol. The summed E-state index contributed by atoms with van der Waals surface area (Å²) in [5.74, 6) is -3.06. The number of halogens is 2. The molecule has 1 amide bonds. The molecule has 1 aromatic rings. The summed E-state index contributed by atoms with van der Waals surface area (Å²) in [6.45, 7) is 0.744. The van der Waals surface area contributed by atoms with E-state index in [0.29, 0.717) is 26.0 Å². The molecule has 0 bridgehead atoms. The highest BCUT2D eigenvalue weighted by Gasteiger charge is 2.46. The third-order valence-electron chi connectivity index (χ3n) is 4.20. The lowest BCUT2D eigenvalue weighted by molar-refractivity contribution is -0.144. The van der Waals surface area contributed by atoms with Crippen molar-refractivity contribution < 1.29 is 23.1 Å². The van der Waals surface area contributed by atoms with Gasteiger partial charge < -0.3 is 9.64 Å². The second kappa shape index (κ2) is 5.18. The molecule has 1 spiro atoms. The van der Waals surface area contributed by atoms with Gasteiger partial charge in [-0.05, 0) is 25.0 Å². The van der Waals surface area contributed by atoms with Crippen LogP contribution >= 0.6 is 0 Å². The third kappa shape index (κ3) is 2.33. The molecule has 0 aliphatic carbocycles. The van der Waals surface area contributed by atoms with Crippen molar-refractivity contribution in [3.05, 3.63) is 35.4 Å². The summed E-state index contributed by atoms with van der Waals surface area (Å²) < 4.78 is 32.4. The lowest BCUT2D eigenvalue weighted by Crippen LogP contribution is -2.53. The third-order valence-corrected chi connectivity index (χ3v) is 4.20. The summed E-state index contributed by atoms with van der Waals surface area (Å²) in [5, 5.41) is 0. The van der Waals surface area contributed by atoms with Crippen LogP contribution in [0.5, 0.6) is 0 Å². The van der Waals surface area contributed by atoms with Crippen LogP contribution in [0.1, 0.15) is 29.6 Å². The zero-order valence-electron chi connectivity index (χ0n) is 11.4. The average molecular weight is 295 g/mol. The smallest absolute Gasteiger partial charge is 0.257 e. The number of ketones is 1. The molecule has 1 aromatic carbocycles. The van der Waals surface area contributed by atoms with Gasteiger partial charge in [-0.15, -0.1) is 0 Å². The molecule has 6 heteroatoms. The van der Waals surface area contributed by atoms with Crippen LogP contribution in [0.15, 0.2) is 18.2 Å². The Morgan fingerprint density at radius 2 is 2.10 bits per heavy atom. The summed E-state index contributed by atoms with van der Waals surface area (Å²) in [4.78, 5) is 25.7. The lowest BCUT2D eigenvalue weighted by atomic mass is 9.87. The van der Waals surface area contributed by atoms with E-state index in [-0.39, 0.29) is 17.9 Å². The number of likely N-dealkylation sites (tertiary alicyclic amines) is 1. The van der Waals surface area contributed by atoms with Crippen molar-refractivity contribution in [2.45, 2.75) is 24.9 Å². The van der Waals surface area contributed by atoms with Crippen molar-refractivity contribution in [3.8, 4) is 0 Å². The minimum absolute atomic E-state index is 0.116. The van der Waals surface area contributed by atoms with Crippen LogP contribution in [0.2, 0.25) is 0 Å². The van der Waals surface area contributed by atoms with E-state index in [1.165, 1.54) is 17.0 Å². The number of nitrogens with zero attached hydrogens (tertiary/aromatic N) is 1. The zero-order valence-corrected chi connectivity index (χ0v) is 11.4. The Bertz CT molecular complexity index is 597. The standard InChI is InChI=1S/C15H15F2NO3/c16-11-4-1-3-10(13(11)17)14(20)18-7-6-15(12(19)9-18)5-2-8-21-15/h1,3-4H,2,5-9H2. The summed E-state index contributed by atoms with van der Waals surface area (Å²) in [6.07, 6.45) is 1.91. The number of carbonyl (C=O) groups is 2. The van der Waals surface area contributed by atoms with Crippen LogP contribution in [0, 0.1) is 11.6 Å². The molecule has 2 saturated heterocycles. The van der Waals surface area contributed by atoms with Gasteiger partial charge in [-0.1, -0.05) is 6.07 Å². The Morgan fingerprint density at radius 1 is 1.29 bits per heavy atom. The fourth-order valence-corrected chi connectivity index (χ4v) is 2.98. The summed E-state index contributed by atoms with van der Waals surface area (Å²) in [6, 6.07) is 3.45. The van der Waals surface area contributed by atoms with E-state index >= 15 is 0 Å². The first-order valence-electron chi connectivity index (χ1n) is 6.94. The summed E-state index contributed by atoms with van der Waals surface area (Å²) in [5.41, 5.74) is -1.11. The first-order valence-corrected chi connectivity index (χ1v) is 6.94. The first kappa shape index (κ1) is 14.1. The highest BCUT2D eigenvalue weighted by molar-refractivity contribution is 5.99. The predicted octanol–water partition coefficient (Wildman–Crippen LogP) is 1.93. The van der Waals surface area contributed by atoms with E-state index < -0.39 is 23.1 Å². The number of piperidine rings is 1. The average Bonchev–Trinajstić information content (AvgIpc) is 2.94. The molecule has 1 unspecified atom stereocenters. The van der Waals surface area contributed by atoms with Gasteiger partial charge in [-0.25, -0.2) is 8.78 Å². The van der Waals surface area contributed by atoms with Crippen LogP contribution in [0.25, 0.3) is 0 Å². The molecule has 21 heavy (non-hydrogen) atoms. The van der Waals surface area contributed by atoms with E-state index in [4.69, 9.17) is 4.74 Å². The largest absolute Gasteiger partial charge is 0.367 e. The van der Waals surface area contributed by atoms with Gasteiger partial charge in [0.1, 0.15) is 5.60 Å². The molecule has 1 atom stereocenters. The second-order valence-corrected chi connectivity index (χ2v) is 5.45. The minimum atomic E-state index is -1.17. The van der Waals surface area contributed by atoms with E-state index in [2.05, 4.69) is 0 Å². The number of benzene rings is 1. The molecular formula is C15H15F2NO3. The lowest BCUT2D eigenvalue weighted by Gasteiger charge is -2.37. The number of hydrogen-bond acceptors (Lipinski definition) is 3. The highest BCUT2D eigenvalue weighted by atomic mass is 19.2. The number of ether oxygens (including phenoxy) is 1. The molecule has 0 N–H and O–H groups in total. The van der Waals surface area contributed by atoms with Gasteiger partial charge in [0.15, 0.2) is 17.4 Å². The first-order chi connectivity index (χ1) is 10.0. The minimum Gasteiger partial charge on any atom is -0.367 e. The molecule has 3 rings (SSSR count). The van der Waals surface area contributed by atoms with Crippen LogP contribution < -0.4 is 0 Å². The molecule has 2 aliphatic rings. The van der Waals surface area contributed by atoms with Crippen molar-refractivity contribution in [2.24, 2.45) is 0 Å². The molecule has 2 aliphatic heterocycles. The van der Waals surface area contributed by atoms with E-state index in [1.807, 2.05) is 0 Å². The van der Waals surface area contributed by atoms with Crippen LogP contribution in [-0.2, 0) is 9.53 Å². The fraction of sp³-hybridized carbons (Fsp3) is 0.467. The predicted molar refractivity (Wildman–Crippen MR) is 69.8 cm³/mol. The SMILES string of the molecule is O=C(c1cccc(F)c1F)N1CCC2(CCCO2)C(=O)C1. The van der Waals surface area contributed by atoms with Gasteiger partial charge in [0.05, 0.1) is 12.1 Å². The molecule has 2 fully saturated rings. The maximum atomic E-state index is 13.7. The number of Topliss-reactive ketones (excluding diaryl/α,β-unsaturated/α-hetero) is 1. The maximum absolute atomic E-state index is 13.7. The van der Waals surface area contributed by atoms with Crippen molar-refractivity contribution in [2.75, 3.05) is 19.7 Å². The summed E-state index contributed by atoms with van der Waals surface area (Å²) >= 11 is 0. The fourth-order valence-electron chi connectivity index (χ4n) is 2.98. The monoisotopic (exact) mass is 295 g/mol. The molecule has 112 valence electrons. The highest BCUT2D eigenvalue weighted by Crippen LogP contribution is 2.33. The topological polar surface area (TPSA) is 46.6 Å². The van der Waals surface area contributed by atoms with E-state index in [1.54, 1.807) is 0 Å². The zero-order chi connectivity index (χ0) is 15.0. The Morgan fingerprint density at radius 3 is 2.76 bits per heavy atom. The van der Waals surface area contributed by atoms with Gasteiger partial charge >= 0.3 is 0 Å². The number of rotatable bonds is 1. The molecule has 4 nitrogen and oxygen atoms in total. The number of hydrogen-bond donors (Lipinski definition) is 0. The van der Waals surface area contributed by atoms with Crippen LogP contribution in [0.4, 0.5) is 8.78 Å². The summed E-state index contributed by atoms with van der Waals surface area (Å²) in [7, 11) is 0. The number of amides is 1. The molecule has 0 saturated carbocycles. The normalized spacial score (nSPS) is 25.6. The van der Waals surface area contributed by atoms with Gasteiger partial charge in [0.2, 0.25) is 0 Å².